The number of rotatable bonds is 2. The Morgan fingerprint density at radius 1 is 1.47 bits per heavy atom. The van der Waals surface area contributed by atoms with Crippen LogP contribution >= 0.6 is 11.6 Å². The smallest absolute Gasteiger partial charge is 0.124 e. The predicted octanol–water partition coefficient (Wildman–Crippen LogP) is 1.81. The van der Waals surface area contributed by atoms with E-state index in [-0.39, 0.29) is 5.84 Å². The molecule has 0 radical (unpaired) electrons. The molecule has 0 saturated carbocycles. The van der Waals surface area contributed by atoms with E-state index in [1.165, 1.54) is 0 Å². The molecule has 2 rings (SSSR count). The van der Waals surface area contributed by atoms with Crippen LogP contribution in [0.3, 0.4) is 0 Å². The van der Waals surface area contributed by atoms with Gasteiger partial charge in [0.05, 0.1) is 5.69 Å². The maximum absolute atomic E-state index is 7.44. The van der Waals surface area contributed by atoms with Gasteiger partial charge in [-0.05, 0) is 24.3 Å². The lowest BCUT2D eigenvalue weighted by atomic mass is 10.1. The standard InChI is InChI=1S/C10H9ClN4/c11-7-2-3-8(10(12)13)9(6-7)15-5-1-4-14-15/h1-6H,(H3,12,13). The van der Waals surface area contributed by atoms with Gasteiger partial charge in [0, 0.05) is 23.0 Å². The Balaban J connectivity index is 2.63. The number of nitrogens with zero attached hydrogens (tertiary/aromatic N) is 2. The minimum absolute atomic E-state index is 0.00262. The van der Waals surface area contributed by atoms with Crippen LogP contribution < -0.4 is 5.73 Å². The van der Waals surface area contributed by atoms with Crippen molar-refractivity contribution in [2.75, 3.05) is 0 Å². The number of amidine groups is 1. The van der Waals surface area contributed by atoms with Crippen LogP contribution in [0.4, 0.5) is 0 Å². The summed E-state index contributed by atoms with van der Waals surface area (Å²) in [5, 5.41) is 12.1. The van der Waals surface area contributed by atoms with Crippen molar-refractivity contribution in [1.29, 1.82) is 5.41 Å². The summed E-state index contributed by atoms with van der Waals surface area (Å²) in [5.41, 5.74) is 6.79. The first-order valence-corrected chi connectivity index (χ1v) is 4.70. The van der Waals surface area contributed by atoms with Crippen molar-refractivity contribution in [3.63, 3.8) is 0 Å². The second-order valence-corrected chi connectivity index (χ2v) is 3.46. The SMILES string of the molecule is N=C(N)c1ccc(Cl)cc1-n1cccn1. The largest absolute Gasteiger partial charge is 0.384 e. The van der Waals surface area contributed by atoms with E-state index in [2.05, 4.69) is 5.10 Å². The van der Waals surface area contributed by atoms with E-state index in [1.807, 2.05) is 0 Å². The molecule has 0 aliphatic heterocycles. The van der Waals surface area contributed by atoms with Gasteiger partial charge in [0.15, 0.2) is 0 Å². The summed E-state index contributed by atoms with van der Waals surface area (Å²) in [6.45, 7) is 0. The summed E-state index contributed by atoms with van der Waals surface area (Å²) in [6, 6.07) is 6.93. The fraction of sp³-hybridized carbons (Fsp3) is 0. The lowest BCUT2D eigenvalue weighted by Gasteiger charge is -2.08. The molecule has 15 heavy (non-hydrogen) atoms. The van der Waals surface area contributed by atoms with Crippen LogP contribution in [0, 0.1) is 5.41 Å². The minimum Gasteiger partial charge on any atom is -0.384 e. The van der Waals surface area contributed by atoms with Crippen LogP contribution in [-0.4, -0.2) is 15.6 Å². The van der Waals surface area contributed by atoms with Crippen molar-refractivity contribution in [1.82, 2.24) is 9.78 Å². The fourth-order valence-electron chi connectivity index (χ4n) is 1.33. The summed E-state index contributed by atoms with van der Waals surface area (Å²) in [4.78, 5) is 0. The Morgan fingerprint density at radius 3 is 2.87 bits per heavy atom. The van der Waals surface area contributed by atoms with E-state index in [9.17, 15) is 0 Å². The topological polar surface area (TPSA) is 67.7 Å². The lowest BCUT2D eigenvalue weighted by molar-refractivity contribution is 0.878. The van der Waals surface area contributed by atoms with Crippen LogP contribution in [-0.2, 0) is 0 Å². The molecule has 0 fully saturated rings. The van der Waals surface area contributed by atoms with Gasteiger partial charge in [-0.1, -0.05) is 11.6 Å². The monoisotopic (exact) mass is 220 g/mol. The Morgan fingerprint density at radius 2 is 2.27 bits per heavy atom. The van der Waals surface area contributed by atoms with E-state index >= 15 is 0 Å². The van der Waals surface area contributed by atoms with Gasteiger partial charge in [0.25, 0.3) is 0 Å². The Labute approximate surface area is 91.8 Å². The molecular weight excluding hydrogens is 212 g/mol. The van der Waals surface area contributed by atoms with Crippen LogP contribution in [0.25, 0.3) is 5.69 Å². The molecule has 0 saturated heterocycles. The Kier molecular flexibility index (Phi) is 2.43. The molecule has 0 aliphatic carbocycles. The molecule has 0 aliphatic rings. The number of benzene rings is 1. The average Bonchev–Trinajstić information content (AvgIpc) is 2.69. The van der Waals surface area contributed by atoms with Gasteiger partial charge < -0.3 is 5.73 Å². The second-order valence-electron chi connectivity index (χ2n) is 3.03. The quantitative estimate of drug-likeness (QED) is 0.599. The lowest BCUT2D eigenvalue weighted by Crippen LogP contribution is -2.14. The van der Waals surface area contributed by atoms with Gasteiger partial charge in [-0.3, -0.25) is 5.41 Å². The van der Waals surface area contributed by atoms with Crippen LogP contribution in [0.5, 0.6) is 0 Å². The molecule has 0 spiro atoms. The predicted molar refractivity (Wildman–Crippen MR) is 59.6 cm³/mol. The molecule has 5 heteroatoms. The van der Waals surface area contributed by atoms with Crippen molar-refractivity contribution in [3.8, 4) is 5.69 Å². The first-order chi connectivity index (χ1) is 7.18. The summed E-state index contributed by atoms with van der Waals surface area (Å²) in [6.07, 6.45) is 3.43. The minimum atomic E-state index is -0.00262. The molecule has 0 unspecified atom stereocenters. The number of nitrogens with one attached hydrogen (secondary N) is 1. The molecule has 0 bridgehead atoms. The Bertz CT molecular complexity index is 490. The average molecular weight is 221 g/mol. The highest BCUT2D eigenvalue weighted by molar-refractivity contribution is 6.31. The van der Waals surface area contributed by atoms with Crippen molar-refractivity contribution in [2.45, 2.75) is 0 Å². The van der Waals surface area contributed by atoms with E-state index in [0.717, 1.165) is 0 Å². The highest BCUT2D eigenvalue weighted by Crippen LogP contribution is 2.18. The van der Waals surface area contributed by atoms with Gasteiger partial charge in [-0.25, -0.2) is 4.68 Å². The third-order valence-corrected chi connectivity index (χ3v) is 2.24. The zero-order valence-corrected chi connectivity index (χ0v) is 8.57. The molecule has 1 heterocycles. The number of halogens is 1. The molecule has 2 aromatic rings. The molecular formula is C10H9ClN4. The number of aromatic nitrogens is 2. The Hall–Kier alpha value is -1.81. The van der Waals surface area contributed by atoms with E-state index in [0.29, 0.717) is 16.3 Å². The zero-order valence-electron chi connectivity index (χ0n) is 7.81. The van der Waals surface area contributed by atoms with Crippen LogP contribution in [0.2, 0.25) is 5.02 Å². The first-order valence-electron chi connectivity index (χ1n) is 4.32. The first kappa shape index (κ1) is 9.73. The van der Waals surface area contributed by atoms with Crippen molar-refractivity contribution >= 4 is 17.4 Å². The highest BCUT2D eigenvalue weighted by Gasteiger charge is 2.07. The number of nitrogen functional groups attached to an aromatic ring is 1. The summed E-state index contributed by atoms with van der Waals surface area (Å²) >= 11 is 5.89. The van der Waals surface area contributed by atoms with Gasteiger partial charge in [-0.15, -0.1) is 0 Å². The maximum Gasteiger partial charge on any atom is 0.124 e. The normalized spacial score (nSPS) is 10.2. The molecule has 1 aromatic carbocycles. The van der Waals surface area contributed by atoms with E-state index in [1.54, 1.807) is 41.3 Å². The second kappa shape index (κ2) is 3.74. The zero-order chi connectivity index (χ0) is 10.8. The van der Waals surface area contributed by atoms with Crippen molar-refractivity contribution < 1.29 is 0 Å². The van der Waals surface area contributed by atoms with E-state index < -0.39 is 0 Å². The number of nitrogens with two attached hydrogens (primary N) is 1. The van der Waals surface area contributed by atoms with Crippen LogP contribution in [0.15, 0.2) is 36.7 Å². The van der Waals surface area contributed by atoms with Crippen molar-refractivity contribution in [2.24, 2.45) is 5.73 Å². The van der Waals surface area contributed by atoms with E-state index in [4.69, 9.17) is 22.7 Å². The maximum atomic E-state index is 7.44. The van der Waals surface area contributed by atoms with Gasteiger partial charge in [0.2, 0.25) is 0 Å². The third kappa shape index (κ3) is 1.85. The summed E-state index contributed by atoms with van der Waals surface area (Å²) < 4.78 is 1.63. The molecule has 0 amide bonds. The third-order valence-electron chi connectivity index (χ3n) is 2.00. The van der Waals surface area contributed by atoms with Crippen LogP contribution in [0.1, 0.15) is 5.56 Å². The molecule has 1 aromatic heterocycles. The number of hydrogen-bond acceptors (Lipinski definition) is 2. The molecule has 3 N–H and O–H groups in total. The fourth-order valence-corrected chi connectivity index (χ4v) is 1.50. The molecule has 76 valence electrons. The summed E-state index contributed by atoms with van der Waals surface area (Å²) in [5.74, 6) is -0.00262. The summed E-state index contributed by atoms with van der Waals surface area (Å²) in [7, 11) is 0. The van der Waals surface area contributed by atoms with Crippen molar-refractivity contribution in [3.05, 3.63) is 47.2 Å². The molecule has 4 nitrogen and oxygen atoms in total. The number of hydrogen-bond donors (Lipinski definition) is 2. The highest BCUT2D eigenvalue weighted by atomic mass is 35.5. The van der Waals surface area contributed by atoms with Gasteiger partial charge in [0.1, 0.15) is 5.84 Å². The molecule has 0 atom stereocenters. The van der Waals surface area contributed by atoms with Gasteiger partial charge in [-0.2, -0.15) is 5.10 Å². The van der Waals surface area contributed by atoms with Gasteiger partial charge >= 0.3 is 0 Å².